The van der Waals surface area contributed by atoms with Crippen molar-refractivity contribution in [1.82, 2.24) is 10.2 Å². The van der Waals surface area contributed by atoms with Crippen molar-refractivity contribution in [3.63, 3.8) is 0 Å². The number of amides is 3. The van der Waals surface area contributed by atoms with E-state index in [2.05, 4.69) is 5.32 Å². The number of hydrogen-bond donors (Lipinski definition) is 1. The summed E-state index contributed by atoms with van der Waals surface area (Å²) in [7, 11) is -0.588. The minimum Gasteiger partial charge on any atom is -0.427 e. The van der Waals surface area contributed by atoms with Crippen LogP contribution in [0.25, 0.3) is 0 Å². The molecule has 14 heteroatoms. The molecule has 8 nitrogen and oxygen atoms in total. The first kappa shape index (κ1) is 37.4. The molecule has 0 radical (unpaired) electrons. The number of anilines is 1. The highest BCUT2D eigenvalue weighted by Gasteiger charge is 2.35. The Morgan fingerprint density at radius 3 is 1.87 bits per heavy atom. The highest BCUT2D eigenvalue weighted by Crippen LogP contribution is 2.44. The van der Waals surface area contributed by atoms with E-state index in [0.29, 0.717) is 17.7 Å². The third kappa shape index (κ3) is 8.82. The van der Waals surface area contributed by atoms with Gasteiger partial charge in [0.25, 0.3) is 5.91 Å². The van der Waals surface area contributed by atoms with Gasteiger partial charge < -0.3 is 14.7 Å². The molecule has 0 fully saturated rings. The molecule has 0 unspecified atom stereocenters. The molecule has 0 saturated heterocycles. The molecule has 53 heavy (non-hydrogen) atoms. The fourth-order valence-electron chi connectivity index (χ4n) is 5.62. The number of benzene rings is 5. The second-order valence-corrected chi connectivity index (χ2v) is 13.3. The van der Waals surface area contributed by atoms with E-state index in [-0.39, 0.29) is 30.2 Å². The van der Waals surface area contributed by atoms with E-state index in [1.54, 1.807) is 13.0 Å². The van der Waals surface area contributed by atoms with E-state index in [4.69, 9.17) is 13.6 Å². The lowest BCUT2D eigenvalue weighted by atomic mass is 9.98. The number of carbonyl (C=O) groups is 2. The van der Waals surface area contributed by atoms with Crippen LogP contribution in [0.3, 0.4) is 0 Å². The molecule has 5 aromatic rings. The van der Waals surface area contributed by atoms with Crippen molar-refractivity contribution in [2.24, 2.45) is 0 Å². The summed E-state index contributed by atoms with van der Waals surface area (Å²) in [5, 5.41) is 2.39. The molecule has 274 valence electrons. The van der Waals surface area contributed by atoms with Gasteiger partial charge in [-0.1, -0.05) is 66.7 Å². The summed E-state index contributed by atoms with van der Waals surface area (Å²) in [5.41, 5.74) is 1.47. The molecule has 1 aliphatic heterocycles. The number of rotatable bonds is 13. The molecule has 5 aromatic carbocycles. The largest absolute Gasteiger partial charge is 0.427 e. The van der Waals surface area contributed by atoms with Crippen LogP contribution in [0.15, 0.2) is 103 Å². The molecule has 0 spiro atoms. The topological polar surface area (TPSA) is 80.3 Å². The first-order chi connectivity index (χ1) is 25.5. The quantitative estimate of drug-likeness (QED) is 0.0959. The van der Waals surface area contributed by atoms with Crippen molar-refractivity contribution in [3.8, 4) is 5.75 Å². The maximum absolute atomic E-state index is 15.8. The second kappa shape index (κ2) is 16.5. The van der Waals surface area contributed by atoms with Crippen LogP contribution in [0.1, 0.15) is 51.1 Å². The van der Waals surface area contributed by atoms with Crippen molar-refractivity contribution >= 4 is 26.2 Å². The standard InChI is InChI=1S/C39H33F5N3O5P/c1-24-30-14-13-27(38(48)45-20-31-33(41)16-28(40)17-34(31)42)15-37(30)47(39(49)46(24)2)21-32-35(43)18-29(19-36(32)44)52-53(50-22-25-9-5-3-6-10-25)51-23-26-11-7-4-8-12-26/h3-19,24H,20-23H2,1-2H3,(H,45,48)/t24-/m0/s1. The van der Waals surface area contributed by atoms with Gasteiger partial charge in [-0.05, 0) is 35.7 Å². The van der Waals surface area contributed by atoms with Crippen LogP contribution in [0.4, 0.5) is 32.4 Å². The van der Waals surface area contributed by atoms with E-state index < -0.39 is 79.9 Å². The fraction of sp³-hybridized carbons (Fsp3) is 0.179. The maximum atomic E-state index is 15.8. The molecule has 1 aliphatic rings. The molecule has 6 rings (SSSR count). The average Bonchev–Trinajstić information content (AvgIpc) is 3.14. The summed E-state index contributed by atoms with van der Waals surface area (Å²) in [6.45, 7) is 0.845. The molecule has 0 saturated carbocycles. The Bertz CT molecular complexity index is 2020. The van der Waals surface area contributed by atoms with Gasteiger partial charge in [0.1, 0.15) is 34.8 Å². The van der Waals surface area contributed by atoms with Crippen molar-refractivity contribution in [1.29, 1.82) is 0 Å². The van der Waals surface area contributed by atoms with Gasteiger partial charge in [-0.3, -0.25) is 18.7 Å². The number of hydrogen-bond acceptors (Lipinski definition) is 5. The molecule has 0 aliphatic carbocycles. The number of nitrogens with zero attached hydrogens (tertiary/aromatic N) is 2. The smallest absolute Gasteiger partial charge is 0.397 e. The van der Waals surface area contributed by atoms with Gasteiger partial charge >= 0.3 is 14.6 Å². The van der Waals surface area contributed by atoms with Crippen molar-refractivity contribution in [3.05, 3.63) is 166 Å². The SMILES string of the molecule is C[C@H]1c2ccc(C(=O)NCc3c(F)cc(F)cc3F)cc2N(Cc2c(F)cc(OP(OCc3ccccc3)OCc3ccccc3)cc2F)C(=O)N1C. The zero-order valence-electron chi connectivity index (χ0n) is 28.5. The monoisotopic (exact) mass is 749 g/mol. The van der Waals surface area contributed by atoms with Gasteiger partial charge in [0.05, 0.1) is 31.5 Å². The zero-order chi connectivity index (χ0) is 37.6. The predicted molar refractivity (Wildman–Crippen MR) is 188 cm³/mol. The van der Waals surface area contributed by atoms with Crippen LogP contribution < -0.4 is 14.7 Å². The van der Waals surface area contributed by atoms with E-state index in [0.717, 1.165) is 28.2 Å². The van der Waals surface area contributed by atoms with E-state index in [9.17, 15) is 22.8 Å². The summed E-state index contributed by atoms with van der Waals surface area (Å²) >= 11 is 0. The van der Waals surface area contributed by atoms with Crippen molar-refractivity contribution in [2.45, 2.75) is 39.3 Å². The van der Waals surface area contributed by atoms with E-state index in [1.165, 1.54) is 24.1 Å². The Morgan fingerprint density at radius 1 is 0.755 bits per heavy atom. The predicted octanol–water partition coefficient (Wildman–Crippen LogP) is 9.48. The minimum absolute atomic E-state index is 0.00489. The van der Waals surface area contributed by atoms with Crippen molar-refractivity contribution in [2.75, 3.05) is 11.9 Å². The van der Waals surface area contributed by atoms with Crippen LogP contribution in [-0.2, 0) is 35.4 Å². The lowest BCUT2D eigenvalue weighted by molar-refractivity contribution is 0.0950. The molecule has 3 amide bonds. The molecular formula is C39H33F5N3O5P. The fourth-order valence-corrected chi connectivity index (χ4v) is 6.59. The number of fused-ring (bicyclic) bond motifs is 1. The van der Waals surface area contributed by atoms with E-state index >= 15 is 8.78 Å². The minimum atomic E-state index is -2.12. The van der Waals surface area contributed by atoms with Gasteiger partial charge in [0.15, 0.2) is 0 Å². The zero-order valence-corrected chi connectivity index (χ0v) is 29.4. The van der Waals surface area contributed by atoms with Gasteiger partial charge in [-0.2, -0.15) is 0 Å². The molecule has 1 N–H and O–H groups in total. The summed E-state index contributed by atoms with van der Waals surface area (Å²) in [6, 6.07) is 24.8. The van der Waals surface area contributed by atoms with Crippen LogP contribution >= 0.6 is 8.60 Å². The van der Waals surface area contributed by atoms with Crippen LogP contribution in [0.2, 0.25) is 0 Å². The summed E-state index contributed by atoms with van der Waals surface area (Å²) in [5.74, 6) is -6.40. The average molecular weight is 750 g/mol. The van der Waals surface area contributed by atoms with Crippen LogP contribution in [0.5, 0.6) is 5.75 Å². The van der Waals surface area contributed by atoms with E-state index in [1.807, 2.05) is 60.7 Å². The van der Waals surface area contributed by atoms with Crippen LogP contribution in [0, 0.1) is 29.1 Å². The highest BCUT2D eigenvalue weighted by molar-refractivity contribution is 7.42. The number of halogens is 5. The molecule has 1 atom stereocenters. The molecule has 0 aromatic heterocycles. The lowest BCUT2D eigenvalue weighted by Crippen LogP contribution is -2.47. The molecule has 0 bridgehead atoms. The third-order valence-corrected chi connectivity index (χ3v) is 9.69. The first-order valence-electron chi connectivity index (χ1n) is 16.4. The first-order valence-corrected chi connectivity index (χ1v) is 17.5. The Kier molecular flexibility index (Phi) is 11.7. The maximum Gasteiger partial charge on any atom is 0.397 e. The Morgan fingerprint density at radius 2 is 1.30 bits per heavy atom. The van der Waals surface area contributed by atoms with Gasteiger partial charge in [-0.25, -0.2) is 26.7 Å². The number of carbonyl (C=O) groups excluding carboxylic acids is 2. The van der Waals surface area contributed by atoms with Gasteiger partial charge in [-0.15, -0.1) is 0 Å². The summed E-state index contributed by atoms with van der Waals surface area (Å²) < 4.78 is 90.8. The van der Waals surface area contributed by atoms with Gasteiger partial charge in [0.2, 0.25) is 0 Å². The number of urea groups is 1. The summed E-state index contributed by atoms with van der Waals surface area (Å²) in [6.07, 6.45) is 0. The molecule has 1 heterocycles. The molecular weight excluding hydrogens is 716 g/mol. The normalized spacial score (nSPS) is 14.0. The highest BCUT2D eigenvalue weighted by atomic mass is 31.2. The van der Waals surface area contributed by atoms with Crippen molar-refractivity contribution < 1.29 is 45.1 Å². The Labute approximate surface area is 303 Å². The Hall–Kier alpha value is -5.36. The third-order valence-electron chi connectivity index (χ3n) is 8.65. The second-order valence-electron chi connectivity index (χ2n) is 12.2. The van der Waals surface area contributed by atoms with Crippen LogP contribution in [-0.4, -0.2) is 23.9 Å². The number of nitrogens with one attached hydrogen (secondary N) is 1. The Balaban J connectivity index is 1.21. The van der Waals surface area contributed by atoms with Gasteiger partial charge in [0, 0.05) is 54.5 Å². The summed E-state index contributed by atoms with van der Waals surface area (Å²) in [4.78, 5) is 29.1. The lowest BCUT2D eigenvalue weighted by Gasteiger charge is -2.39.